The van der Waals surface area contributed by atoms with Gasteiger partial charge in [-0.25, -0.2) is 9.07 Å². The molecule has 18 heavy (non-hydrogen) atoms. The SMILES string of the molecule is COc1c(CCO)c(C)nn1-c1ccc(F)cc1. The fourth-order valence-corrected chi connectivity index (χ4v) is 1.90. The first-order chi connectivity index (χ1) is 8.67. The Labute approximate surface area is 105 Å². The van der Waals surface area contributed by atoms with Crippen molar-refractivity contribution in [2.75, 3.05) is 13.7 Å². The number of nitrogens with zero attached hydrogens (tertiary/aromatic N) is 2. The van der Waals surface area contributed by atoms with E-state index < -0.39 is 0 Å². The van der Waals surface area contributed by atoms with Gasteiger partial charge in [-0.3, -0.25) is 0 Å². The molecule has 4 nitrogen and oxygen atoms in total. The summed E-state index contributed by atoms with van der Waals surface area (Å²) in [5, 5.41) is 13.4. The van der Waals surface area contributed by atoms with Crippen LogP contribution in [0.2, 0.25) is 0 Å². The summed E-state index contributed by atoms with van der Waals surface area (Å²) in [5.74, 6) is 0.283. The lowest BCUT2D eigenvalue weighted by Crippen LogP contribution is -2.01. The highest BCUT2D eigenvalue weighted by Gasteiger charge is 2.16. The third-order valence-electron chi connectivity index (χ3n) is 2.76. The Balaban J connectivity index is 2.50. The van der Waals surface area contributed by atoms with Crippen molar-refractivity contribution in [3.8, 4) is 11.6 Å². The number of benzene rings is 1. The van der Waals surface area contributed by atoms with Crippen molar-refractivity contribution in [3.05, 3.63) is 41.3 Å². The topological polar surface area (TPSA) is 47.3 Å². The van der Waals surface area contributed by atoms with E-state index in [-0.39, 0.29) is 12.4 Å². The Bertz CT molecular complexity index is 535. The lowest BCUT2D eigenvalue weighted by Gasteiger charge is -2.07. The first-order valence-corrected chi connectivity index (χ1v) is 5.66. The number of aryl methyl sites for hydroxylation is 1. The first-order valence-electron chi connectivity index (χ1n) is 5.66. The minimum absolute atomic E-state index is 0.0340. The van der Waals surface area contributed by atoms with Gasteiger partial charge >= 0.3 is 0 Å². The van der Waals surface area contributed by atoms with Crippen molar-refractivity contribution >= 4 is 0 Å². The van der Waals surface area contributed by atoms with Crippen molar-refractivity contribution < 1.29 is 14.2 Å². The zero-order chi connectivity index (χ0) is 13.1. The Morgan fingerprint density at radius 2 is 2.00 bits per heavy atom. The normalized spacial score (nSPS) is 10.7. The highest BCUT2D eigenvalue weighted by Crippen LogP contribution is 2.26. The number of aromatic nitrogens is 2. The third kappa shape index (κ3) is 2.22. The van der Waals surface area contributed by atoms with Gasteiger partial charge in [0.25, 0.3) is 0 Å². The zero-order valence-electron chi connectivity index (χ0n) is 10.4. The van der Waals surface area contributed by atoms with E-state index in [2.05, 4.69) is 5.10 Å². The van der Waals surface area contributed by atoms with E-state index in [0.29, 0.717) is 12.3 Å². The van der Waals surface area contributed by atoms with E-state index in [4.69, 9.17) is 9.84 Å². The molecule has 0 radical (unpaired) electrons. The zero-order valence-corrected chi connectivity index (χ0v) is 10.4. The smallest absolute Gasteiger partial charge is 0.219 e. The van der Waals surface area contributed by atoms with Gasteiger partial charge in [0.1, 0.15) is 5.82 Å². The summed E-state index contributed by atoms with van der Waals surface area (Å²) >= 11 is 0. The van der Waals surface area contributed by atoms with Crippen LogP contribution in [0.15, 0.2) is 24.3 Å². The van der Waals surface area contributed by atoms with E-state index in [1.807, 2.05) is 6.92 Å². The maximum absolute atomic E-state index is 12.9. The number of ether oxygens (including phenoxy) is 1. The number of methoxy groups -OCH3 is 1. The predicted molar refractivity (Wildman–Crippen MR) is 65.6 cm³/mol. The highest BCUT2D eigenvalue weighted by molar-refractivity contribution is 5.41. The summed E-state index contributed by atoms with van der Waals surface area (Å²) in [5.41, 5.74) is 2.38. The van der Waals surface area contributed by atoms with E-state index in [0.717, 1.165) is 16.9 Å². The Hall–Kier alpha value is -1.88. The van der Waals surface area contributed by atoms with E-state index in [1.165, 1.54) is 12.1 Å². The Morgan fingerprint density at radius 1 is 1.33 bits per heavy atom. The van der Waals surface area contributed by atoms with Crippen LogP contribution in [-0.4, -0.2) is 28.6 Å². The average Bonchev–Trinajstić information content (AvgIpc) is 2.68. The molecule has 0 fully saturated rings. The van der Waals surface area contributed by atoms with Gasteiger partial charge in [0.15, 0.2) is 0 Å². The molecule has 0 spiro atoms. The van der Waals surface area contributed by atoms with Crippen molar-refractivity contribution in [2.24, 2.45) is 0 Å². The monoisotopic (exact) mass is 250 g/mol. The lowest BCUT2D eigenvalue weighted by molar-refractivity contribution is 0.295. The number of hydrogen-bond donors (Lipinski definition) is 1. The summed E-state index contributed by atoms with van der Waals surface area (Å²) in [6.07, 6.45) is 0.482. The van der Waals surface area contributed by atoms with Gasteiger partial charge in [-0.15, -0.1) is 0 Å². The molecule has 1 N–H and O–H groups in total. The van der Waals surface area contributed by atoms with E-state index in [1.54, 1.807) is 23.9 Å². The standard InChI is InChI=1S/C13H15FN2O2/c1-9-12(7-8-17)13(18-2)16(15-9)11-5-3-10(14)4-6-11/h3-6,17H,7-8H2,1-2H3. The first kappa shape index (κ1) is 12.6. The molecule has 1 heterocycles. The quantitative estimate of drug-likeness (QED) is 0.901. The molecule has 1 aromatic carbocycles. The lowest BCUT2D eigenvalue weighted by atomic mass is 10.2. The van der Waals surface area contributed by atoms with Crippen LogP contribution < -0.4 is 4.74 Å². The van der Waals surface area contributed by atoms with Gasteiger partial charge in [-0.1, -0.05) is 0 Å². The molecule has 0 bridgehead atoms. The maximum atomic E-state index is 12.9. The molecule has 5 heteroatoms. The van der Waals surface area contributed by atoms with E-state index >= 15 is 0 Å². The molecule has 0 saturated heterocycles. The minimum Gasteiger partial charge on any atom is -0.481 e. The molecule has 0 aliphatic carbocycles. The molecular weight excluding hydrogens is 235 g/mol. The third-order valence-corrected chi connectivity index (χ3v) is 2.76. The van der Waals surface area contributed by atoms with Crippen molar-refractivity contribution in [2.45, 2.75) is 13.3 Å². The summed E-state index contributed by atoms with van der Waals surface area (Å²) in [4.78, 5) is 0. The fraction of sp³-hybridized carbons (Fsp3) is 0.308. The van der Waals surface area contributed by atoms with Crippen molar-refractivity contribution in [1.29, 1.82) is 0 Å². The van der Waals surface area contributed by atoms with E-state index in [9.17, 15) is 4.39 Å². The second-order valence-electron chi connectivity index (χ2n) is 3.94. The van der Waals surface area contributed by atoms with Crippen LogP contribution in [0.3, 0.4) is 0 Å². The van der Waals surface area contributed by atoms with Gasteiger partial charge in [-0.2, -0.15) is 5.10 Å². The minimum atomic E-state index is -0.294. The van der Waals surface area contributed by atoms with Crippen LogP contribution in [0.25, 0.3) is 5.69 Å². The largest absolute Gasteiger partial charge is 0.481 e. The molecule has 0 unspecified atom stereocenters. The van der Waals surface area contributed by atoms with Gasteiger partial charge in [0, 0.05) is 18.6 Å². The van der Waals surface area contributed by atoms with Crippen LogP contribution >= 0.6 is 0 Å². The number of hydrogen-bond acceptors (Lipinski definition) is 3. The summed E-state index contributed by atoms with van der Waals surface area (Å²) in [6, 6.07) is 6.01. The van der Waals surface area contributed by atoms with Crippen LogP contribution in [0, 0.1) is 12.7 Å². The summed E-state index contributed by atoms with van der Waals surface area (Å²) in [7, 11) is 1.55. The second kappa shape index (κ2) is 5.18. The molecule has 1 aromatic heterocycles. The summed E-state index contributed by atoms with van der Waals surface area (Å²) in [6.45, 7) is 1.89. The second-order valence-corrected chi connectivity index (χ2v) is 3.94. The molecule has 0 aliphatic heterocycles. The van der Waals surface area contributed by atoms with Gasteiger partial charge in [-0.05, 0) is 31.2 Å². The van der Waals surface area contributed by atoms with Crippen LogP contribution in [0.5, 0.6) is 5.88 Å². The number of halogens is 1. The number of aliphatic hydroxyl groups is 1. The molecule has 2 rings (SSSR count). The number of rotatable bonds is 4. The van der Waals surface area contributed by atoms with Gasteiger partial charge in [0.05, 0.1) is 18.5 Å². The Morgan fingerprint density at radius 3 is 2.56 bits per heavy atom. The molecule has 0 saturated carbocycles. The van der Waals surface area contributed by atoms with Crippen LogP contribution in [0.4, 0.5) is 4.39 Å². The predicted octanol–water partition coefficient (Wildman–Crippen LogP) is 1.86. The Kier molecular flexibility index (Phi) is 3.62. The van der Waals surface area contributed by atoms with Gasteiger partial charge in [0.2, 0.25) is 5.88 Å². The van der Waals surface area contributed by atoms with Crippen LogP contribution in [-0.2, 0) is 6.42 Å². The molecule has 96 valence electrons. The fourth-order valence-electron chi connectivity index (χ4n) is 1.90. The average molecular weight is 250 g/mol. The maximum Gasteiger partial charge on any atom is 0.219 e. The highest BCUT2D eigenvalue weighted by atomic mass is 19.1. The van der Waals surface area contributed by atoms with Gasteiger partial charge < -0.3 is 9.84 Å². The van der Waals surface area contributed by atoms with Crippen molar-refractivity contribution in [3.63, 3.8) is 0 Å². The molecular formula is C13H15FN2O2. The molecule has 0 amide bonds. The molecule has 0 atom stereocenters. The number of aliphatic hydroxyl groups excluding tert-OH is 1. The molecule has 2 aromatic rings. The van der Waals surface area contributed by atoms with Crippen LogP contribution in [0.1, 0.15) is 11.3 Å². The van der Waals surface area contributed by atoms with Crippen molar-refractivity contribution in [1.82, 2.24) is 9.78 Å². The molecule has 0 aliphatic rings. The summed E-state index contributed by atoms with van der Waals surface area (Å²) < 4.78 is 19.8.